The van der Waals surface area contributed by atoms with E-state index in [1.165, 1.54) is 30.4 Å². The van der Waals surface area contributed by atoms with Crippen molar-refractivity contribution >= 4 is 64.3 Å². The van der Waals surface area contributed by atoms with Gasteiger partial charge in [0.25, 0.3) is 5.91 Å². The van der Waals surface area contributed by atoms with Crippen LogP contribution < -0.4 is 10.2 Å². The third-order valence-electron chi connectivity index (χ3n) is 3.94. The zero-order valence-electron chi connectivity index (χ0n) is 14.6. The fourth-order valence-corrected chi connectivity index (χ4v) is 3.05. The second-order valence-electron chi connectivity index (χ2n) is 5.72. The molecule has 0 saturated carbocycles. The van der Waals surface area contributed by atoms with Crippen molar-refractivity contribution in [1.29, 1.82) is 0 Å². The first-order valence-electron chi connectivity index (χ1n) is 8.08. The van der Waals surface area contributed by atoms with Gasteiger partial charge in [-0.15, -0.1) is 0 Å². The Morgan fingerprint density at radius 1 is 1.25 bits per heavy atom. The van der Waals surface area contributed by atoms with Crippen molar-refractivity contribution in [2.24, 2.45) is 10.9 Å². The Labute approximate surface area is 171 Å². The van der Waals surface area contributed by atoms with Crippen LogP contribution in [0.1, 0.15) is 10.4 Å². The number of rotatable bonds is 4. The van der Waals surface area contributed by atoms with Crippen molar-refractivity contribution in [1.82, 2.24) is 5.32 Å². The summed E-state index contributed by atoms with van der Waals surface area (Å²) in [6, 6.07) is 13.2. The normalized spacial score (nSPS) is 17.0. The van der Waals surface area contributed by atoms with Crippen LogP contribution in [0.2, 0.25) is 5.02 Å². The van der Waals surface area contributed by atoms with E-state index < -0.39 is 23.7 Å². The van der Waals surface area contributed by atoms with Crippen molar-refractivity contribution in [3.63, 3.8) is 0 Å². The predicted molar refractivity (Wildman–Crippen MR) is 109 cm³/mol. The van der Waals surface area contributed by atoms with Gasteiger partial charge in [0.15, 0.2) is 11.0 Å². The molecule has 0 bridgehead atoms. The summed E-state index contributed by atoms with van der Waals surface area (Å²) < 4.78 is 4.66. The van der Waals surface area contributed by atoms with Gasteiger partial charge in [-0.2, -0.15) is 0 Å². The fraction of sp³-hybridized carbons (Fsp3) is 0.105. The maximum atomic E-state index is 12.8. The SMILES string of the molecule is COC(=O)c1cc(N=C[C@H]2C(=O)NC(=S)N(c3ccccc3)C2=O)ccc1Cl. The summed E-state index contributed by atoms with van der Waals surface area (Å²) in [4.78, 5) is 42.2. The molecule has 1 atom stereocenters. The Morgan fingerprint density at radius 3 is 2.64 bits per heavy atom. The topological polar surface area (TPSA) is 88.1 Å². The van der Waals surface area contributed by atoms with Crippen LogP contribution in [-0.4, -0.2) is 36.2 Å². The summed E-state index contributed by atoms with van der Waals surface area (Å²) in [5.74, 6) is -2.89. The highest BCUT2D eigenvalue weighted by Gasteiger charge is 2.38. The van der Waals surface area contributed by atoms with Gasteiger partial charge in [0, 0.05) is 6.21 Å². The Balaban J connectivity index is 1.89. The molecule has 3 rings (SSSR count). The van der Waals surface area contributed by atoms with Crippen molar-refractivity contribution in [2.45, 2.75) is 0 Å². The van der Waals surface area contributed by atoms with Crippen molar-refractivity contribution in [2.75, 3.05) is 12.0 Å². The zero-order chi connectivity index (χ0) is 20.3. The Hall–Kier alpha value is -3.10. The molecule has 2 amide bonds. The first-order chi connectivity index (χ1) is 13.4. The lowest BCUT2D eigenvalue weighted by Gasteiger charge is -2.30. The van der Waals surface area contributed by atoms with Gasteiger partial charge < -0.3 is 10.1 Å². The second-order valence-corrected chi connectivity index (χ2v) is 6.51. The number of esters is 1. The molecule has 1 heterocycles. The molecular formula is C19H14ClN3O4S. The number of halogens is 1. The third kappa shape index (κ3) is 3.92. The van der Waals surface area contributed by atoms with Crippen molar-refractivity contribution in [3.8, 4) is 0 Å². The number of benzene rings is 2. The summed E-state index contributed by atoms with van der Waals surface area (Å²) in [6.07, 6.45) is 1.21. The quantitative estimate of drug-likeness (QED) is 0.359. The molecule has 7 nitrogen and oxygen atoms in total. The fourth-order valence-electron chi connectivity index (χ4n) is 2.56. The molecule has 1 saturated heterocycles. The van der Waals surface area contributed by atoms with Gasteiger partial charge >= 0.3 is 5.97 Å². The highest BCUT2D eigenvalue weighted by atomic mass is 35.5. The molecular weight excluding hydrogens is 402 g/mol. The van der Waals surface area contributed by atoms with Crippen LogP contribution in [-0.2, 0) is 14.3 Å². The van der Waals surface area contributed by atoms with E-state index in [2.05, 4.69) is 15.0 Å². The van der Waals surface area contributed by atoms with Gasteiger partial charge in [-0.25, -0.2) is 4.79 Å². The highest BCUT2D eigenvalue weighted by Crippen LogP contribution is 2.24. The van der Waals surface area contributed by atoms with E-state index in [0.29, 0.717) is 11.4 Å². The van der Waals surface area contributed by atoms with Crippen LogP contribution in [0, 0.1) is 5.92 Å². The van der Waals surface area contributed by atoms with Crippen LogP contribution in [0.3, 0.4) is 0 Å². The molecule has 28 heavy (non-hydrogen) atoms. The Kier molecular flexibility index (Phi) is 5.81. The number of para-hydroxylation sites is 1. The first-order valence-corrected chi connectivity index (χ1v) is 8.87. The zero-order valence-corrected chi connectivity index (χ0v) is 16.2. The molecule has 1 aliphatic heterocycles. The van der Waals surface area contributed by atoms with Gasteiger partial charge in [0.1, 0.15) is 0 Å². The number of anilines is 1. The lowest BCUT2D eigenvalue weighted by molar-refractivity contribution is -0.130. The van der Waals surface area contributed by atoms with Crippen LogP contribution >= 0.6 is 23.8 Å². The van der Waals surface area contributed by atoms with Crippen molar-refractivity contribution in [3.05, 3.63) is 59.1 Å². The molecule has 0 spiro atoms. The number of carbonyl (C=O) groups excluding carboxylic acids is 3. The molecule has 1 fully saturated rings. The molecule has 0 unspecified atom stereocenters. The molecule has 0 aliphatic carbocycles. The highest BCUT2D eigenvalue weighted by molar-refractivity contribution is 7.80. The third-order valence-corrected chi connectivity index (χ3v) is 4.56. The maximum Gasteiger partial charge on any atom is 0.339 e. The number of carbonyl (C=O) groups is 3. The van der Waals surface area contributed by atoms with Gasteiger partial charge in [-0.3, -0.25) is 19.5 Å². The number of aliphatic imine (C=N–C) groups is 1. The monoisotopic (exact) mass is 415 g/mol. The van der Waals surface area contributed by atoms with Crippen LogP contribution in [0.25, 0.3) is 0 Å². The number of amides is 2. The van der Waals surface area contributed by atoms with Gasteiger partial charge in [0.2, 0.25) is 5.91 Å². The lowest BCUT2D eigenvalue weighted by atomic mass is 10.1. The molecule has 2 aromatic carbocycles. The lowest BCUT2D eigenvalue weighted by Crippen LogP contribution is -2.58. The van der Waals surface area contributed by atoms with Crippen molar-refractivity contribution < 1.29 is 19.1 Å². The van der Waals surface area contributed by atoms with Crippen LogP contribution in [0.5, 0.6) is 0 Å². The van der Waals surface area contributed by atoms with E-state index in [9.17, 15) is 14.4 Å². The Bertz CT molecular complexity index is 994. The minimum Gasteiger partial charge on any atom is -0.465 e. The van der Waals surface area contributed by atoms with E-state index in [4.69, 9.17) is 23.8 Å². The van der Waals surface area contributed by atoms with Crippen LogP contribution in [0.15, 0.2) is 53.5 Å². The number of hydrogen-bond acceptors (Lipinski definition) is 6. The average Bonchev–Trinajstić information content (AvgIpc) is 2.69. The maximum absolute atomic E-state index is 12.8. The van der Waals surface area contributed by atoms with Crippen LogP contribution in [0.4, 0.5) is 11.4 Å². The summed E-state index contributed by atoms with van der Waals surface area (Å²) >= 11 is 11.1. The minimum absolute atomic E-state index is 0.00493. The van der Waals surface area contributed by atoms with E-state index in [-0.39, 0.29) is 15.7 Å². The molecule has 9 heteroatoms. The molecule has 2 aromatic rings. The number of nitrogens with zero attached hydrogens (tertiary/aromatic N) is 2. The summed E-state index contributed by atoms with van der Waals surface area (Å²) in [5, 5.41) is 2.71. The molecule has 0 radical (unpaired) electrons. The van der Waals surface area contributed by atoms with E-state index >= 15 is 0 Å². The number of methoxy groups -OCH3 is 1. The number of nitrogens with one attached hydrogen (secondary N) is 1. The van der Waals surface area contributed by atoms with Gasteiger partial charge in [-0.1, -0.05) is 29.8 Å². The molecule has 1 N–H and O–H groups in total. The standard InChI is InChI=1S/C19H14ClN3O4S/c1-27-18(26)13-9-11(7-8-15(13)20)21-10-14-16(24)22-19(28)23(17(14)25)12-5-3-2-4-6-12/h2-10,14H,1H3,(H,22,24,28)/t14-/m0/s1. The number of hydrogen-bond donors (Lipinski definition) is 1. The Morgan fingerprint density at radius 2 is 1.96 bits per heavy atom. The van der Waals surface area contributed by atoms with E-state index in [0.717, 1.165) is 0 Å². The largest absolute Gasteiger partial charge is 0.465 e. The number of thiocarbonyl (C=S) groups is 1. The minimum atomic E-state index is -1.18. The predicted octanol–water partition coefficient (Wildman–Crippen LogP) is 2.89. The van der Waals surface area contributed by atoms with Gasteiger partial charge in [-0.05, 0) is 42.5 Å². The first kappa shape index (κ1) is 19.7. The van der Waals surface area contributed by atoms with E-state index in [1.54, 1.807) is 36.4 Å². The average molecular weight is 416 g/mol. The smallest absolute Gasteiger partial charge is 0.339 e. The summed E-state index contributed by atoms with van der Waals surface area (Å²) in [5.41, 5.74) is 1.01. The number of ether oxygens (including phenoxy) is 1. The van der Waals surface area contributed by atoms with E-state index in [1.807, 2.05) is 0 Å². The second kappa shape index (κ2) is 8.28. The molecule has 142 valence electrons. The van der Waals surface area contributed by atoms with Gasteiger partial charge in [0.05, 0.1) is 29.1 Å². The summed E-state index contributed by atoms with van der Waals surface area (Å²) in [7, 11) is 1.24. The summed E-state index contributed by atoms with van der Waals surface area (Å²) in [6.45, 7) is 0. The molecule has 1 aliphatic rings. The molecule has 0 aromatic heterocycles.